The molecule has 6 heteroatoms. The highest BCUT2D eigenvalue weighted by Gasteiger charge is 2.12. The first-order valence-electron chi connectivity index (χ1n) is 5.79. The molecule has 1 rings (SSSR count). The van der Waals surface area contributed by atoms with Crippen molar-refractivity contribution in [1.82, 2.24) is 10.6 Å². The molecule has 0 fully saturated rings. The van der Waals surface area contributed by atoms with Gasteiger partial charge in [-0.2, -0.15) is 0 Å². The Hall–Kier alpha value is -1.40. The van der Waals surface area contributed by atoms with Crippen LogP contribution >= 0.6 is 11.3 Å². The fourth-order valence-corrected chi connectivity index (χ4v) is 2.32. The number of nitrogens with one attached hydrogen (secondary N) is 2. The summed E-state index contributed by atoms with van der Waals surface area (Å²) < 4.78 is 4.81. The van der Waals surface area contributed by atoms with Gasteiger partial charge in [-0.3, -0.25) is 9.59 Å². The molecule has 2 amide bonds. The highest BCUT2D eigenvalue weighted by atomic mass is 32.1. The second kappa shape index (κ2) is 7.84. The largest absolute Gasteiger partial charge is 0.383 e. The monoisotopic (exact) mass is 270 g/mol. The maximum atomic E-state index is 11.8. The predicted octanol–water partition coefficient (Wildman–Crippen LogP) is 0.803. The van der Waals surface area contributed by atoms with Crippen LogP contribution in [0.2, 0.25) is 0 Å². The van der Waals surface area contributed by atoms with Gasteiger partial charge in [0.25, 0.3) is 5.91 Å². The van der Waals surface area contributed by atoms with Gasteiger partial charge in [-0.25, -0.2) is 0 Å². The smallest absolute Gasteiger partial charge is 0.262 e. The van der Waals surface area contributed by atoms with Crippen LogP contribution in [0.1, 0.15) is 22.2 Å². The average molecular weight is 270 g/mol. The number of ether oxygens (including phenoxy) is 1. The third kappa shape index (κ3) is 4.46. The van der Waals surface area contributed by atoms with Gasteiger partial charge in [0, 0.05) is 13.7 Å². The molecule has 0 unspecified atom stereocenters. The molecule has 1 heterocycles. The van der Waals surface area contributed by atoms with Gasteiger partial charge in [0.15, 0.2) is 0 Å². The number of hydrogen-bond acceptors (Lipinski definition) is 4. The van der Waals surface area contributed by atoms with Gasteiger partial charge in [-0.15, -0.1) is 11.3 Å². The molecule has 100 valence electrons. The standard InChI is InChI=1S/C12H18N2O3S/c1-3-9-4-7-18-11(9)12(16)14-8-10(15)13-5-6-17-2/h4,7H,3,5-6,8H2,1-2H3,(H,13,15)(H,14,16). The first-order valence-corrected chi connectivity index (χ1v) is 6.67. The van der Waals surface area contributed by atoms with Crippen LogP contribution in [0.15, 0.2) is 11.4 Å². The third-order valence-corrected chi connectivity index (χ3v) is 3.33. The van der Waals surface area contributed by atoms with E-state index in [9.17, 15) is 9.59 Å². The van der Waals surface area contributed by atoms with E-state index in [0.29, 0.717) is 18.0 Å². The van der Waals surface area contributed by atoms with E-state index < -0.39 is 0 Å². The molecular weight excluding hydrogens is 252 g/mol. The van der Waals surface area contributed by atoms with E-state index in [-0.39, 0.29) is 18.4 Å². The summed E-state index contributed by atoms with van der Waals surface area (Å²) in [5.74, 6) is -0.404. The lowest BCUT2D eigenvalue weighted by Crippen LogP contribution is -2.38. The van der Waals surface area contributed by atoms with Crippen molar-refractivity contribution in [3.63, 3.8) is 0 Å². The van der Waals surface area contributed by atoms with Crippen molar-refractivity contribution >= 4 is 23.2 Å². The summed E-state index contributed by atoms with van der Waals surface area (Å²) in [5.41, 5.74) is 1.01. The summed E-state index contributed by atoms with van der Waals surface area (Å²) in [6.45, 7) is 2.90. The minimum atomic E-state index is -0.213. The van der Waals surface area contributed by atoms with E-state index >= 15 is 0 Å². The number of hydrogen-bond donors (Lipinski definition) is 2. The summed E-state index contributed by atoms with van der Waals surface area (Å²) >= 11 is 1.39. The molecule has 1 aromatic heterocycles. The molecule has 1 aromatic rings. The second-order valence-corrected chi connectivity index (χ2v) is 4.57. The molecule has 0 spiro atoms. The van der Waals surface area contributed by atoms with Crippen molar-refractivity contribution in [3.8, 4) is 0 Å². The molecule has 0 aliphatic heterocycles. The Balaban J connectivity index is 2.35. The zero-order valence-electron chi connectivity index (χ0n) is 10.6. The zero-order chi connectivity index (χ0) is 13.4. The Morgan fingerprint density at radius 2 is 2.17 bits per heavy atom. The summed E-state index contributed by atoms with van der Waals surface area (Å²) in [7, 11) is 1.57. The van der Waals surface area contributed by atoms with E-state index in [1.165, 1.54) is 11.3 Å². The molecule has 0 bridgehead atoms. The van der Waals surface area contributed by atoms with E-state index in [0.717, 1.165) is 12.0 Å². The number of aryl methyl sites for hydroxylation is 1. The van der Waals surface area contributed by atoms with Crippen LogP contribution in [-0.4, -0.2) is 38.6 Å². The Labute approximate surface area is 111 Å². The van der Waals surface area contributed by atoms with Crippen LogP contribution in [0.25, 0.3) is 0 Å². The minimum Gasteiger partial charge on any atom is -0.383 e. The summed E-state index contributed by atoms with van der Waals surface area (Å²) in [6, 6.07) is 1.93. The van der Waals surface area contributed by atoms with Crippen LogP contribution in [0.5, 0.6) is 0 Å². The maximum Gasteiger partial charge on any atom is 0.262 e. The lowest BCUT2D eigenvalue weighted by molar-refractivity contribution is -0.120. The normalized spacial score (nSPS) is 10.1. The van der Waals surface area contributed by atoms with Crippen molar-refractivity contribution in [2.45, 2.75) is 13.3 Å². The molecule has 0 saturated carbocycles. The Kier molecular flexibility index (Phi) is 6.38. The number of methoxy groups -OCH3 is 1. The highest BCUT2D eigenvalue weighted by Crippen LogP contribution is 2.16. The molecule has 2 N–H and O–H groups in total. The Bertz CT molecular complexity index is 404. The number of amides is 2. The molecular formula is C12H18N2O3S. The average Bonchev–Trinajstić information content (AvgIpc) is 2.84. The van der Waals surface area contributed by atoms with Crippen molar-refractivity contribution in [2.75, 3.05) is 26.8 Å². The summed E-state index contributed by atoms with van der Waals surface area (Å²) in [6.07, 6.45) is 0.812. The molecule has 0 aromatic carbocycles. The Morgan fingerprint density at radius 1 is 1.39 bits per heavy atom. The number of carbonyl (C=O) groups excluding carboxylic acids is 2. The van der Waals surface area contributed by atoms with Crippen molar-refractivity contribution in [3.05, 3.63) is 21.9 Å². The first-order chi connectivity index (χ1) is 8.69. The molecule has 0 atom stereocenters. The maximum absolute atomic E-state index is 11.8. The van der Waals surface area contributed by atoms with Crippen LogP contribution < -0.4 is 10.6 Å². The first kappa shape index (κ1) is 14.7. The van der Waals surface area contributed by atoms with Crippen molar-refractivity contribution < 1.29 is 14.3 Å². The second-order valence-electron chi connectivity index (χ2n) is 3.65. The van der Waals surface area contributed by atoms with Gasteiger partial charge < -0.3 is 15.4 Å². The lowest BCUT2D eigenvalue weighted by Gasteiger charge is -2.06. The minimum absolute atomic E-state index is 0.0103. The summed E-state index contributed by atoms with van der Waals surface area (Å²) in [5, 5.41) is 7.12. The molecule has 0 saturated heterocycles. The van der Waals surface area contributed by atoms with Gasteiger partial charge in [0.1, 0.15) is 0 Å². The van der Waals surface area contributed by atoms with E-state index in [2.05, 4.69) is 10.6 Å². The van der Waals surface area contributed by atoms with Crippen molar-refractivity contribution in [2.24, 2.45) is 0 Å². The van der Waals surface area contributed by atoms with Gasteiger partial charge in [0.2, 0.25) is 5.91 Å². The van der Waals surface area contributed by atoms with Gasteiger partial charge in [-0.05, 0) is 23.4 Å². The lowest BCUT2D eigenvalue weighted by atomic mass is 10.2. The highest BCUT2D eigenvalue weighted by molar-refractivity contribution is 7.12. The molecule has 0 aliphatic carbocycles. The number of rotatable bonds is 7. The van der Waals surface area contributed by atoms with E-state index in [1.807, 2.05) is 18.4 Å². The Morgan fingerprint density at radius 3 is 2.83 bits per heavy atom. The van der Waals surface area contributed by atoms with Crippen LogP contribution in [0.4, 0.5) is 0 Å². The SMILES string of the molecule is CCc1ccsc1C(=O)NCC(=O)NCCOC. The number of carbonyl (C=O) groups is 2. The van der Waals surface area contributed by atoms with Crippen LogP contribution in [0, 0.1) is 0 Å². The van der Waals surface area contributed by atoms with E-state index in [4.69, 9.17) is 4.74 Å². The molecule has 18 heavy (non-hydrogen) atoms. The number of thiophene rings is 1. The van der Waals surface area contributed by atoms with Gasteiger partial charge >= 0.3 is 0 Å². The summed E-state index contributed by atoms with van der Waals surface area (Å²) in [4.78, 5) is 23.9. The third-order valence-electron chi connectivity index (χ3n) is 2.37. The topological polar surface area (TPSA) is 67.4 Å². The van der Waals surface area contributed by atoms with Gasteiger partial charge in [-0.1, -0.05) is 6.92 Å². The molecule has 0 aliphatic rings. The van der Waals surface area contributed by atoms with E-state index in [1.54, 1.807) is 7.11 Å². The van der Waals surface area contributed by atoms with Gasteiger partial charge in [0.05, 0.1) is 18.0 Å². The predicted molar refractivity (Wildman–Crippen MR) is 70.9 cm³/mol. The molecule has 0 radical (unpaired) electrons. The fourth-order valence-electron chi connectivity index (χ4n) is 1.41. The van der Waals surface area contributed by atoms with Crippen molar-refractivity contribution in [1.29, 1.82) is 0 Å². The van der Waals surface area contributed by atoms with Crippen LogP contribution in [0.3, 0.4) is 0 Å². The fraction of sp³-hybridized carbons (Fsp3) is 0.500. The molecule has 5 nitrogen and oxygen atoms in total. The quantitative estimate of drug-likeness (QED) is 0.720. The van der Waals surface area contributed by atoms with Crippen LogP contribution in [-0.2, 0) is 16.0 Å². The zero-order valence-corrected chi connectivity index (χ0v) is 11.4.